The summed E-state index contributed by atoms with van der Waals surface area (Å²) in [5.41, 5.74) is 0.291. The van der Waals surface area contributed by atoms with Gasteiger partial charge < -0.3 is 10.3 Å². The van der Waals surface area contributed by atoms with Crippen molar-refractivity contribution in [2.24, 2.45) is 0 Å². The van der Waals surface area contributed by atoms with E-state index in [1.807, 2.05) is 0 Å². The number of amides is 1. The molecule has 0 aliphatic heterocycles. The number of pyridine rings is 1. The highest BCUT2D eigenvalue weighted by molar-refractivity contribution is 6.29. The molecule has 0 fully saturated rings. The van der Waals surface area contributed by atoms with Crippen molar-refractivity contribution in [3.05, 3.63) is 47.3 Å². The molecule has 5 nitrogen and oxygen atoms in total. The maximum Gasteiger partial charge on any atom is 0.270 e. The Balaban J connectivity index is 1.98. The maximum atomic E-state index is 11.6. The minimum atomic E-state index is -0.279. The van der Waals surface area contributed by atoms with Crippen LogP contribution in [-0.2, 0) is 6.54 Å². The minimum absolute atomic E-state index is 0.279. The van der Waals surface area contributed by atoms with Gasteiger partial charge in [0.25, 0.3) is 5.91 Å². The van der Waals surface area contributed by atoms with Gasteiger partial charge >= 0.3 is 0 Å². The molecule has 0 atom stereocenters. The van der Waals surface area contributed by atoms with Crippen molar-refractivity contribution in [1.82, 2.24) is 20.3 Å². The number of nitrogens with zero attached hydrogens (tertiary/aromatic N) is 2. The van der Waals surface area contributed by atoms with Crippen LogP contribution in [0, 0.1) is 0 Å². The van der Waals surface area contributed by atoms with Crippen LogP contribution >= 0.6 is 11.6 Å². The molecule has 6 heteroatoms. The van der Waals surface area contributed by atoms with Gasteiger partial charge in [0.1, 0.15) is 16.7 Å². The molecule has 2 aromatic rings. The predicted octanol–water partition coefficient (Wildman–Crippen LogP) is 1.39. The van der Waals surface area contributed by atoms with Crippen molar-refractivity contribution in [3.8, 4) is 0 Å². The van der Waals surface area contributed by atoms with Crippen LogP contribution in [0.15, 0.2) is 30.6 Å². The summed E-state index contributed by atoms with van der Waals surface area (Å²) < 4.78 is 0. The molecule has 0 saturated carbocycles. The Labute approximate surface area is 96.9 Å². The number of H-pyrrole nitrogens is 1. The smallest absolute Gasteiger partial charge is 0.270 e. The van der Waals surface area contributed by atoms with E-state index in [0.29, 0.717) is 23.2 Å². The van der Waals surface area contributed by atoms with E-state index in [4.69, 9.17) is 11.6 Å². The Bertz CT molecular complexity index is 483. The van der Waals surface area contributed by atoms with Crippen molar-refractivity contribution in [2.45, 2.75) is 6.54 Å². The Kier molecular flexibility index (Phi) is 3.16. The van der Waals surface area contributed by atoms with Gasteiger partial charge in [-0.2, -0.15) is 0 Å². The molecule has 2 aromatic heterocycles. The lowest BCUT2D eigenvalue weighted by Crippen LogP contribution is -2.24. The molecular formula is C10H9ClN4O. The van der Waals surface area contributed by atoms with Gasteiger partial charge in [-0.1, -0.05) is 17.7 Å². The Hall–Kier alpha value is -1.88. The summed E-state index contributed by atoms with van der Waals surface area (Å²) in [6.07, 6.45) is 3.32. The highest BCUT2D eigenvalue weighted by atomic mass is 35.5. The number of hydrogen-bond donors (Lipinski definition) is 2. The monoisotopic (exact) mass is 236 g/mol. The summed E-state index contributed by atoms with van der Waals surface area (Å²) in [5, 5.41) is 2.97. The number of halogens is 1. The molecule has 16 heavy (non-hydrogen) atoms. The van der Waals surface area contributed by atoms with Crippen LogP contribution in [0.25, 0.3) is 0 Å². The van der Waals surface area contributed by atoms with Gasteiger partial charge in [0.05, 0.1) is 6.54 Å². The third-order valence-electron chi connectivity index (χ3n) is 1.92. The molecule has 0 aliphatic carbocycles. The van der Waals surface area contributed by atoms with Crippen LogP contribution in [0.2, 0.25) is 5.15 Å². The number of aromatic nitrogens is 3. The van der Waals surface area contributed by atoms with Crippen LogP contribution in [-0.4, -0.2) is 20.9 Å². The number of aromatic amines is 1. The molecular weight excluding hydrogens is 228 g/mol. The SMILES string of the molecule is O=C(NCc1ncc[nH]1)c1cccc(Cl)n1. The summed E-state index contributed by atoms with van der Waals surface area (Å²) in [6, 6.07) is 4.89. The Morgan fingerprint density at radius 3 is 3.06 bits per heavy atom. The summed E-state index contributed by atoms with van der Waals surface area (Å²) in [4.78, 5) is 22.4. The average molecular weight is 237 g/mol. The number of hydrogen-bond acceptors (Lipinski definition) is 3. The number of rotatable bonds is 3. The standard InChI is InChI=1S/C10H9ClN4O/c11-8-3-1-2-7(15-8)10(16)14-6-9-12-4-5-13-9/h1-5H,6H2,(H,12,13)(H,14,16). The van der Waals surface area contributed by atoms with Gasteiger partial charge in [-0.05, 0) is 12.1 Å². The van der Waals surface area contributed by atoms with Crippen LogP contribution in [0.5, 0.6) is 0 Å². The summed E-state index contributed by atoms with van der Waals surface area (Å²) >= 11 is 5.68. The molecule has 0 unspecified atom stereocenters. The van der Waals surface area contributed by atoms with Crippen LogP contribution < -0.4 is 5.32 Å². The third kappa shape index (κ3) is 2.58. The van der Waals surface area contributed by atoms with E-state index in [2.05, 4.69) is 20.3 Å². The molecule has 0 bridgehead atoms. The fourth-order valence-corrected chi connectivity index (χ4v) is 1.35. The van der Waals surface area contributed by atoms with E-state index in [9.17, 15) is 4.79 Å². The fraction of sp³-hybridized carbons (Fsp3) is 0.100. The Morgan fingerprint density at radius 1 is 1.50 bits per heavy atom. The van der Waals surface area contributed by atoms with Gasteiger partial charge in [-0.3, -0.25) is 4.79 Å². The van der Waals surface area contributed by atoms with Gasteiger partial charge in [0.2, 0.25) is 0 Å². The fourth-order valence-electron chi connectivity index (χ4n) is 1.18. The second-order valence-electron chi connectivity index (χ2n) is 3.06. The quantitative estimate of drug-likeness (QED) is 0.791. The van der Waals surface area contributed by atoms with Crippen molar-refractivity contribution in [1.29, 1.82) is 0 Å². The first-order chi connectivity index (χ1) is 7.75. The average Bonchev–Trinajstić information content (AvgIpc) is 2.78. The summed E-state index contributed by atoms with van der Waals surface area (Å²) in [7, 11) is 0. The first kappa shape index (κ1) is 10.6. The molecule has 2 N–H and O–H groups in total. The lowest BCUT2D eigenvalue weighted by Gasteiger charge is -2.02. The molecule has 0 aliphatic rings. The van der Waals surface area contributed by atoms with Gasteiger partial charge in [0, 0.05) is 12.4 Å². The molecule has 2 heterocycles. The van der Waals surface area contributed by atoms with Gasteiger partial charge in [-0.15, -0.1) is 0 Å². The van der Waals surface area contributed by atoms with Crippen LogP contribution in [0.4, 0.5) is 0 Å². The Morgan fingerprint density at radius 2 is 2.38 bits per heavy atom. The second-order valence-corrected chi connectivity index (χ2v) is 3.45. The van der Waals surface area contributed by atoms with Crippen LogP contribution in [0.1, 0.15) is 16.3 Å². The van der Waals surface area contributed by atoms with Crippen molar-refractivity contribution >= 4 is 17.5 Å². The molecule has 0 spiro atoms. The highest BCUT2D eigenvalue weighted by Gasteiger charge is 2.07. The normalized spacial score (nSPS) is 10.1. The molecule has 82 valence electrons. The topological polar surface area (TPSA) is 70.7 Å². The molecule has 1 amide bonds. The van der Waals surface area contributed by atoms with E-state index >= 15 is 0 Å². The largest absolute Gasteiger partial charge is 0.347 e. The minimum Gasteiger partial charge on any atom is -0.347 e. The van der Waals surface area contributed by atoms with E-state index < -0.39 is 0 Å². The summed E-state index contributed by atoms with van der Waals surface area (Å²) in [5.74, 6) is 0.411. The lowest BCUT2D eigenvalue weighted by atomic mass is 10.3. The third-order valence-corrected chi connectivity index (χ3v) is 2.13. The zero-order valence-electron chi connectivity index (χ0n) is 8.27. The van der Waals surface area contributed by atoms with Crippen LogP contribution in [0.3, 0.4) is 0 Å². The zero-order valence-corrected chi connectivity index (χ0v) is 9.03. The molecule has 0 aromatic carbocycles. The predicted molar refractivity (Wildman–Crippen MR) is 59.0 cm³/mol. The molecule has 0 radical (unpaired) electrons. The van der Waals surface area contributed by atoms with Gasteiger partial charge in [0.15, 0.2) is 0 Å². The zero-order chi connectivity index (χ0) is 11.4. The number of carbonyl (C=O) groups is 1. The van der Waals surface area contributed by atoms with Crippen molar-refractivity contribution in [2.75, 3.05) is 0 Å². The van der Waals surface area contributed by atoms with Crippen molar-refractivity contribution in [3.63, 3.8) is 0 Å². The first-order valence-corrected chi connectivity index (χ1v) is 5.02. The number of nitrogens with one attached hydrogen (secondary N) is 2. The highest BCUT2D eigenvalue weighted by Crippen LogP contribution is 2.04. The van der Waals surface area contributed by atoms with E-state index in [1.54, 1.807) is 30.6 Å². The van der Waals surface area contributed by atoms with E-state index in [-0.39, 0.29) is 5.91 Å². The summed E-state index contributed by atoms with van der Waals surface area (Å²) in [6.45, 7) is 0.333. The van der Waals surface area contributed by atoms with E-state index in [0.717, 1.165) is 0 Å². The molecule has 0 saturated heterocycles. The van der Waals surface area contributed by atoms with Gasteiger partial charge in [-0.25, -0.2) is 9.97 Å². The maximum absolute atomic E-state index is 11.6. The first-order valence-electron chi connectivity index (χ1n) is 4.65. The lowest BCUT2D eigenvalue weighted by molar-refractivity contribution is 0.0945. The number of imidazole rings is 1. The van der Waals surface area contributed by atoms with E-state index in [1.165, 1.54) is 0 Å². The molecule has 2 rings (SSSR count). The second kappa shape index (κ2) is 4.76. The van der Waals surface area contributed by atoms with Crippen molar-refractivity contribution < 1.29 is 4.79 Å². The number of carbonyl (C=O) groups excluding carboxylic acids is 1.